The number of nitrogens with zero attached hydrogens (tertiary/aromatic N) is 2. The number of aromatic amines is 2. The molecule has 0 radical (unpaired) electrons. The molecule has 0 atom stereocenters. The van der Waals surface area contributed by atoms with Crippen LogP contribution in [0.15, 0.2) is 57.2 Å². The topological polar surface area (TPSA) is 112 Å². The zero-order valence-corrected chi connectivity index (χ0v) is 13.7. The number of aromatic hydroxyl groups is 1. The average molecular weight is 350 g/mol. The average Bonchev–Trinajstić information content (AvgIpc) is 3.01. The fraction of sp³-hybridized carbons (Fsp3) is 0.0556. The highest BCUT2D eigenvalue weighted by Crippen LogP contribution is 2.25. The third kappa shape index (κ3) is 2.44. The number of phenols is 1. The molecule has 0 unspecified atom stereocenters. The van der Waals surface area contributed by atoms with Crippen molar-refractivity contribution < 1.29 is 9.84 Å². The minimum absolute atomic E-state index is 0.0147. The normalized spacial score (nSPS) is 11.6. The summed E-state index contributed by atoms with van der Waals surface area (Å²) in [6.07, 6.45) is 1.34. The summed E-state index contributed by atoms with van der Waals surface area (Å²) in [4.78, 5) is 30.7. The van der Waals surface area contributed by atoms with Crippen molar-refractivity contribution in [2.24, 2.45) is 5.10 Å². The van der Waals surface area contributed by atoms with Gasteiger partial charge in [-0.15, -0.1) is 4.68 Å². The molecular formula is C18H14N4O4. The summed E-state index contributed by atoms with van der Waals surface area (Å²) in [6, 6.07) is 11.9. The number of ether oxygens (including phenoxy) is 1. The number of H-pyrrole nitrogens is 2. The number of rotatable bonds is 3. The van der Waals surface area contributed by atoms with Crippen LogP contribution in [-0.2, 0) is 0 Å². The Bertz CT molecular complexity index is 1280. The fourth-order valence-corrected chi connectivity index (χ4v) is 2.79. The third-order valence-electron chi connectivity index (χ3n) is 4.06. The molecule has 0 aliphatic heterocycles. The highest BCUT2D eigenvalue weighted by Gasteiger charge is 2.12. The number of para-hydroxylation sites is 1. The molecule has 2 aromatic carbocycles. The van der Waals surface area contributed by atoms with Crippen LogP contribution in [0.25, 0.3) is 21.9 Å². The first-order chi connectivity index (χ1) is 12.6. The molecule has 130 valence electrons. The molecule has 0 aliphatic rings. The van der Waals surface area contributed by atoms with Gasteiger partial charge in [-0.05, 0) is 29.8 Å². The summed E-state index contributed by atoms with van der Waals surface area (Å²) in [5.41, 5.74) is 0.832. The van der Waals surface area contributed by atoms with Gasteiger partial charge < -0.3 is 19.8 Å². The van der Waals surface area contributed by atoms with Crippen molar-refractivity contribution in [3.8, 4) is 11.5 Å². The first-order valence-electron chi connectivity index (χ1n) is 7.75. The Hall–Kier alpha value is -3.81. The van der Waals surface area contributed by atoms with Gasteiger partial charge in [0.05, 0.1) is 18.8 Å². The van der Waals surface area contributed by atoms with E-state index in [-0.39, 0.29) is 17.0 Å². The van der Waals surface area contributed by atoms with Crippen molar-refractivity contribution in [3.05, 3.63) is 68.9 Å². The summed E-state index contributed by atoms with van der Waals surface area (Å²) in [5, 5.41) is 14.4. The number of benzene rings is 2. The fourth-order valence-electron chi connectivity index (χ4n) is 2.79. The lowest BCUT2D eigenvalue weighted by Gasteiger charge is -2.03. The van der Waals surface area contributed by atoms with Crippen molar-refractivity contribution >= 4 is 28.2 Å². The molecule has 26 heavy (non-hydrogen) atoms. The van der Waals surface area contributed by atoms with Crippen molar-refractivity contribution in [1.82, 2.24) is 14.6 Å². The highest BCUT2D eigenvalue weighted by molar-refractivity contribution is 6.04. The molecular weight excluding hydrogens is 336 g/mol. The Labute approximate surface area is 146 Å². The molecule has 2 aromatic heterocycles. The first-order valence-corrected chi connectivity index (χ1v) is 7.75. The Morgan fingerprint density at radius 1 is 1.12 bits per heavy atom. The Morgan fingerprint density at radius 2 is 1.92 bits per heavy atom. The van der Waals surface area contributed by atoms with Gasteiger partial charge in [0.15, 0.2) is 11.5 Å². The number of aromatic nitrogens is 3. The van der Waals surface area contributed by atoms with Crippen LogP contribution in [0, 0.1) is 0 Å². The third-order valence-corrected chi connectivity index (χ3v) is 4.06. The second-order valence-corrected chi connectivity index (χ2v) is 5.64. The summed E-state index contributed by atoms with van der Waals surface area (Å²) in [7, 11) is 1.43. The molecule has 0 aliphatic carbocycles. The summed E-state index contributed by atoms with van der Waals surface area (Å²) in [6.45, 7) is 0. The molecule has 8 nitrogen and oxygen atoms in total. The number of hydrogen-bond donors (Lipinski definition) is 3. The molecule has 0 spiro atoms. The zero-order chi connectivity index (χ0) is 18.3. The summed E-state index contributed by atoms with van der Waals surface area (Å²) >= 11 is 0. The highest BCUT2D eigenvalue weighted by atomic mass is 16.5. The van der Waals surface area contributed by atoms with Crippen molar-refractivity contribution in [3.63, 3.8) is 0 Å². The van der Waals surface area contributed by atoms with Crippen LogP contribution in [0.3, 0.4) is 0 Å². The van der Waals surface area contributed by atoms with Crippen LogP contribution in [0.1, 0.15) is 5.56 Å². The molecule has 0 saturated heterocycles. The lowest BCUT2D eigenvalue weighted by Crippen LogP contribution is -2.32. The minimum Gasteiger partial charge on any atom is -0.504 e. The van der Waals surface area contributed by atoms with Gasteiger partial charge in [0, 0.05) is 10.9 Å². The van der Waals surface area contributed by atoms with E-state index < -0.39 is 11.2 Å². The molecule has 4 rings (SSSR count). The molecule has 8 heteroatoms. The number of nitrogens with one attached hydrogen (secondary N) is 2. The Balaban J connectivity index is 1.85. The molecule has 0 bridgehead atoms. The molecule has 2 heterocycles. The lowest BCUT2D eigenvalue weighted by atomic mass is 10.2. The van der Waals surface area contributed by atoms with Crippen molar-refractivity contribution in [2.75, 3.05) is 7.11 Å². The quantitative estimate of drug-likeness (QED) is 0.489. The molecule has 0 amide bonds. The van der Waals surface area contributed by atoms with Crippen LogP contribution in [-0.4, -0.2) is 33.1 Å². The van der Waals surface area contributed by atoms with E-state index in [1.807, 2.05) is 24.3 Å². The first kappa shape index (κ1) is 15.7. The number of hydrogen-bond acceptors (Lipinski definition) is 5. The zero-order valence-electron chi connectivity index (χ0n) is 13.7. The molecule has 0 fully saturated rings. The second-order valence-electron chi connectivity index (χ2n) is 5.64. The van der Waals surface area contributed by atoms with E-state index in [0.717, 1.165) is 15.6 Å². The monoisotopic (exact) mass is 350 g/mol. The van der Waals surface area contributed by atoms with Gasteiger partial charge in [-0.1, -0.05) is 18.2 Å². The van der Waals surface area contributed by atoms with Gasteiger partial charge >= 0.3 is 11.2 Å². The van der Waals surface area contributed by atoms with Crippen LogP contribution < -0.4 is 16.0 Å². The molecule has 4 aromatic rings. The molecule has 3 N–H and O–H groups in total. The van der Waals surface area contributed by atoms with E-state index in [1.165, 1.54) is 19.4 Å². The van der Waals surface area contributed by atoms with Crippen molar-refractivity contribution in [2.45, 2.75) is 0 Å². The lowest BCUT2D eigenvalue weighted by molar-refractivity contribution is 0.373. The summed E-state index contributed by atoms with van der Waals surface area (Å²) in [5.74, 6) is 0.250. The van der Waals surface area contributed by atoms with Crippen LogP contribution >= 0.6 is 0 Å². The van der Waals surface area contributed by atoms with Crippen LogP contribution in [0.5, 0.6) is 11.5 Å². The van der Waals surface area contributed by atoms with E-state index in [2.05, 4.69) is 15.1 Å². The van der Waals surface area contributed by atoms with Gasteiger partial charge in [0.1, 0.15) is 5.52 Å². The maximum Gasteiger partial charge on any atom is 0.350 e. The van der Waals surface area contributed by atoms with E-state index in [1.54, 1.807) is 12.1 Å². The van der Waals surface area contributed by atoms with E-state index in [0.29, 0.717) is 11.1 Å². The van der Waals surface area contributed by atoms with Gasteiger partial charge in [0.2, 0.25) is 0 Å². The van der Waals surface area contributed by atoms with Gasteiger partial charge in [-0.25, -0.2) is 4.79 Å². The summed E-state index contributed by atoms with van der Waals surface area (Å²) < 4.78 is 5.77. The SMILES string of the molecule is COc1cc(/C=N\n2c(=O)[nH]c3c([nH]c4ccccc43)c2=O)ccc1O. The van der Waals surface area contributed by atoms with Gasteiger partial charge in [0.25, 0.3) is 0 Å². The number of methoxy groups -OCH3 is 1. The van der Waals surface area contributed by atoms with E-state index in [9.17, 15) is 14.7 Å². The smallest absolute Gasteiger partial charge is 0.350 e. The largest absolute Gasteiger partial charge is 0.504 e. The number of phenolic OH excluding ortho intramolecular Hbond substituents is 1. The van der Waals surface area contributed by atoms with Gasteiger partial charge in [-0.2, -0.15) is 5.10 Å². The molecule has 0 saturated carbocycles. The van der Waals surface area contributed by atoms with E-state index in [4.69, 9.17) is 4.74 Å². The minimum atomic E-state index is -0.644. The van der Waals surface area contributed by atoms with Gasteiger partial charge in [-0.3, -0.25) is 4.79 Å². The predicted molar refractivity (Wildman–Crippen MR) is 98.3 cm³/mol. The van der Waals surface area contributed by atoms with Crippen molar-refractivity contribution in [1.29, 1.82) is 0 Å². The van der Waals surface area contributed by atoms with E-state index >= 15 is 0 Å². The standard InChI is InChI=1S/C18H14N4O4/c1-26-14-8-10(6-7-13(14)23)9-19-22-17(24)16-15(21-18(22)25)11-4-2-3-5-12(11)20-16/h2-9,20,23H,1H3,(H,21,25)/b19-9-. The second kappa shape index (κ2) is 5.92. The number of fused-ring (bicyclic) bond motifs is 3. The maximum atomic E-state index is 12.7. The Kier molecular flexibility index (Phi) is 3.58. The van der Waals surface area contributed by atoms with Crippen LogP contribution in [0.4, 0.5) is 0 Å². The Morgan fingerprint density at radius 3 is 2.73 bits per heavy atom. The predicted octanol–water partition coefficient (Wildman–Crippen LogP) is 1.77. The maximum absolute atomic E-state index is 12.7. The van der Waals surface area contributed by atoms with Crippen LogP contribution in [0.2, 0.25) is 0 Å².